The van der Waals surface area contributed by atoms with Gasteiger partial charge in [-0.3, -0.25) is 4.79 Å². The summed E-state index contributed by atoms with van der Waals surface area (Å²) in [4.78, 5) is 16.6. The number of carbonyl (C=O) groups excluding carboxylic acids is 1. The number of hydrogen-bond donors (Lipinski definition) is 2. The summed E-state index contributed by atoms with van der Waals surface area (Å²) in [6, 6.07) is 5.57. The van der Waals surface area contributed by atoms with Crippen LogP contribution in [0.2, 0.25) is 0 Å². The van der Waals surface area contributed by atoms with Gasteiger partial charge in [0, 0.05) is 24.5 Å². The minimum atomic E-state index is -0.135. The Bertz CT molecular complexity index is 658. The summed E-state index contributed by atoms with van der Waals surface area (Å²) < 4.78 is 1.76. The lowest BCUT2D eigenvalue weighted by Gasteiger charge is -2.16. The van der Waals surface area contributed by atoms with Crippen molar-refractivity contribution >= 4 is 30.7 Å². The van der Waals surface area contributed by atoms with Crippen LogP contribution in [0.1, 0.15) is 47.9 Å². The Hall–Kier alpha value is -1.63. The molecule has 0 aliphatic heterocycles. The van der Waals surface area contributed by atoms with E-state index in [-0.39, 0.29) is 36.8 Å². The third kappa shape index (κ3) is 6.30. The van der Waals surface area contributed by atoms with Crippen molar-refractivity contribution in [3.8, 4) is 5.82 Å². The predicted octanol–water partition coefficient (Wildman–Crippen LogP) is 2.98. The zero-order chi connectivity index (χ0) is 16.8. The third-order valence-corrected chi connectivity index (χ3v) is 3.76. The van der Waals surface area contributed by atoms with Gasteiger partial charge in [-0.15, -0.1) is 24.8 Å². The SMILES string of the molecule is CCCCC(CN)NC(=O)c1ccc(-n2nc(C)cc2C)nc1.Cl.Cl. The van der Waals surface area contributed by atoms with Crippen molar-refractivity contribution in [1.82, 2.24) is 20.1 Å². The molecule has 0 fully saturated rings. The van der Waals surface area contributed by atoms with Gasteiger partial charge in [-0.25, -0.2) is 9.67 Å². The molecule has 3 N–H and O–H groups in total. The molecule has 0 aromatic carbocycles. The maximum Gasteiger partial charge on any atom is 0.253 e. The van der Waals surface area contributed by atoms with Gasteiger partial charge in [-0.2, -0.15) is 5.10 Å². The third-order valence-electron chi connectivity index (χ3n) is 3.76. The van der Waals surface area contributed by atoms with Crippen molar-refractivity contribution in [2.45, 2.75) is 46.1 Å². The van der Waals surface area contributed by atoms with E-state index in [9.17, 15) is 4.79 Å². The first-order valence-electron chi connectivity index (χ1n) is 8.05. The van der Waals surface area contributed by atoms with Crippen molar-refractivity contribution < 1.29 is 4.79 Å². The van der Waals surface area contributed by atoms with E-state index in [1.807, 2.05) is 19.9 Å². The number of aryl methyl sites for hydroxylation is 2. The van der Waals surface area contributed by atoms with E-state index >= 15 is 0 Å². The fourth-order valence-corrected chi connectivity index (χ4v) is 2.47. The van der Waals surface area contributed by atoms with Crippen molar-refractivity contribution in [1.29, 1.82) is 0 Å². The average Bonchev–Trinajstić information content (AvgIpc) is 2.89. The summed E-state index contributed by atoms with van der Waals surface area (Å²) in [5.74, 6) is 0.567. The van der Waals surface area contributed by atoms with E-state index in [4.69, 9.17) is 5.73 Å². The standard InChI is InChI=1S/C17H25N5O.2ClH/c1-4-5-6-15(10-18)20-17(23)14-7-8-16(19-11-14)22-13(3)9-12(2)21-22;;/h7-9,11,15H,4-6,10,18H2,1-3H3,(H,20,23);2*1H. The molecule has 2 aromatic rings. The molecular formula is C17H27Cl2N5O. The number of rotatable bonds is 7. The molecule has 0 saturated carbocycles. The molecule has 8 heteroatoms. The van der Waals surface area contributed by atoms with Crippen LogP contribution in [0, 0.1) is 13.8 Å². The minimum Gasteiger partial charge on any atom is -0.348 e. The molecule has 1 amide bonds. The Morgan fingerprint density at radius 3 is 2.52 bits per heavy atom. The normalized spacial score (nSPS) is 11.2. The molecule has 2 rings (SSSR count). The van der Waals surface area contributed by atoms with Crippen LogP contribution in [0.5, 0.6) is 0 Å². The van der Waals surface area contributed by atoms with E-state index < -0.39 is 0 Å². The van der Waals surface area contributed by atoms with Gasteiger partial charge in [0.2, 0.25) is 0 Å². The molecule has 1 unspecified atom stereocenters. The molecule has 6 nitrogen and oxygen atoms in total. The van der Waals surface area contributed by atoms with Crippen molar-refractivity contribution in [3.05, 3.63) is 41.3 Å². The smallest absolute Gasteiger partial charge is 0.253 e. The van der Waals surface area contributed by atoms with Gasteiger partial charge >= 0.3 is 0 Å². The quantitative estimate of drug-likeness (QED) is 0.764. The van der Waals surface area contributed by atoms with E-state index in [2.05, 4.69) is 22.3 Å². The summed E-state index contributed by atoms with van der Waals surface area (Å²) in [7, 11) is 0. The number of hydrogen-bond acceptors (Lipinski definition) is 4. The first-order chi connectivity index (χ1) is 11.0. The van der Waals surface area contributed by atoms with Gasteiger partial charge < -0.3 is 11.1 Å². The van der Waals surface area contributed by atoms with E-state index in [1.54, 1.807) is 23.0 Å². The summed E-state index contributed by atoms with van der Waals surface area (Å²) >= 11 is 0. The Morgan fingerprint density at radius 1 is 1.32 bits per heavy atom. The molecule has 0 radical (unpaired) electrons. The highest BCUT2D eigenvalue weighted by atomic mass is 35.5. The number of aromatic nitrogens is 3. The zero-order valence-corrected chi connectivity index (χ0v) is 16.5. The van der Waals surface area contributed by atoms with Crippen molar-refractivity contribution in [3.63, 3.8) is 0 Å². The van der Waals surface area contributed by atoms with E-state index in [0.29, 0.717) is 17.9 Å². The lowest BCUT2D eigenvalue weighted by atomic mass is 10.1. The van der Waals surface area contributed by atoms with Gasteiger partial charge in [-0.05, 0) is 38.5 Å². The number of unbranched alkanes of at least 4 members (excludes halogenated alkanes) is 1. The highest BCUT2D eigenvalue weighted by Crippen LogP contribution is 2.10. The number of halogens is 2. The second-order valence-electron chi connectivity index (χ2n) is 5.79. The Morgan fingerprint density at radius 2 is 2.04 bits per heavy atom. The lowest BCUT2D eigenvalue weighted by Crippen LogP contribution is -2.40. The molecule has 0 aliphatic carbocycles. The second kappa shape index (κ2) is 11.1. The van der Waals surface area contributed by atoms with Crippen molar-refractivity contribution in [2.24, 2.45) is 5.73 Å². The fourth-order valence-electron chi connectivity index (χ4n) is 2.47. The molecule has 0 spiro atoms. The molecule has 140 valence electrons. The fraction of sp³-hybridized carbons (Fsp3) is 0.471. The Balaban J connectivity index is 0.00000288. The molecule has 1 atom stereocenters. The van der Waals surface area contributed by atoms with Crippen LogP contribution in [0.15, 0.2) is 24.4 Å². The van der Waals surface area contributed by atoms with Gasteiger partial charge in [-0.1, -0.05) is 19.8 Å². The molecule has 2 aromatic heterocycles. The molecule has 0 bridgehead atoms. The molecular weight excluding hydrogens is 361 g/mol. The molecule has 0 saturated heterocycles. The average molecular weight is 388 g/mol. The number of amides is 1. The van der Waals surface area contributed by atoms with Gasteiger partial charge in [0.15, 0.2) is 5.82 Å². The summed E-state index contributed by atoms with van der Waals surface area (Å²) in [5, 5.41) is 7.35. The minimum absolute atomic E-state index is 0. The zero-order valence-electron chi connectivity index (χ0n) is 14.9. The van der Waals surface area contributed by atoms with Crippen LogP contribution in [0.3, 0.4) is 0 Å². The maximum atomic E-state index is 12.3. The number of nitrogens with zero attached hydrogens (tertiary/aromatic N) is 3. The molecule has 2 heterocycles. The van der Waals surface area contributed by atoms with E-state index in [0.717, 1.165) is 30.7 Å². The van der Waals surface area contributed by atoms with Crippen LogP contribution >= 0.6 is 24.8 Å². The Kier molecular flexibility index (Phi) is 10.4. The number of nitrogens with two attached hydrogens (primary N) is 1. The first-order valence-corrected chi connectivity index (χ1v) is 8.05. The number of pyridine rings is 1. The lowest BCUT2D eigenvalue weighted by molar-refractivity contribution is 0.0935. The highest BCUT2D eigenvalue weighted by Gasteiger charge is 2.13. The first kappa shape index (κ1) is 23.4. The van der Waals surface area contributed by atoms with Gasteiger partial charge in [0.05, 0.1) is 11.3 Å². The Labute approximate surface area is 161 Å². The van der Waals surface area contributed by atoms with Crippen molar-refractivity contribution in [2.75, 3.05) is 6.54 Å². The molecule has 25 heavy (non-hydrogen) atoms. The maximum absolute atomic E-state index is 12.3. The van der Waals surface area contributed by atoms with Crippen LogP contribution in [0.4, 0.5) is 0 Å². The molecule has 0 aliphatic rings. The van der Waals surface area contributed by atoms with Gasteiger partial charge in [0.25, 0.3) is 5.91 Å². The van der Waals surface area contributed by atoms with E-state index in [1.165, 1.54) is 0 Å². The second-order valence-corrected chi connectivity index (χ2v) is 5.79. The largest absolute Gasteiger partial charge is 0.348 e. The van der Waals surface area contributed by atoms with Crippen LogP contribution in [0.25, 0.3) is 5.82 Å². The van der Waals surface area contributed by atoms with Crippen LogP contribution < -0.4 is 11.1 Å². The van der Waals surface area contributed by atoms with Gasteiger partial charge in [0.1, 0.15) is 0 Å². The monoisotopic (exact) mass is 387 g/mol. The topological polar surface area (TPSA) is 85.8 Å². The highest BCUT2D eigenvalue weighted by molar-refractivity contribution is 5.94. The predicted molar refractivity (Wildman–Crippen MR) is 105 cm³/mol. The summed E-state index contributed by atoms with van der Waals surface area (Å²) in [5.41, 5.74) is 8.20. The summed E-state index contributed by atoms with van der Waals surface area (Å²) in [6.07, 6.45) is 4.62. The number of carbonyl (C=O) groups is 1. The van der Waals surface area contributed by atoms with Crippen LogP contribution in [-0.4, -0.2) is 33.3 Å². The van der Waals surface area contributed by atoms with Crippen LogP contribution in [-0.2, 0) is 0 Å². The number of nitrogens with one attached hydrogen (secondary N) is 1. The summed E-state index contributed by atoms with van der Waals surface area (Å²) in [6.45, 7) is 6.48.